The molecule has 2 heterocycles. The molecule has 2 saturated carbocycles. The number of carbonyl (C=O) groups excluding carboxylic acids is 4. The fourth-order valence-electron chi connectivity index (χ4n) is 6.76. The van der Waals surface area contributed by atoms with Gasteiger partial charge in [0.25, 0.3) is 0 Å². The number of fused-ring (bicyclic) bond motifs is 5. The van der Waals surface area contributed by atoms with Gasteiger partial charge in [0.1, 0.15) is 5.75 Å². The molecule has 4 fully saturated rings. The van der Waals surface area contributed by atoms with Crippen molar-refractivity contribution >= 4 is 35.1 Å². The largest absolute Gasteiger partial charge is 0.426 e. The summed E-state index contributed by atoms with van der Waals surface area (Å²) in [6, 6.07) is 12.5. The van der Waals surface area contributed by atoms with Crippen molar-refractivity contribution in [1.29, 1.82) is 0 Å². The number of hydrogen-bond acceptors (Lipinski definition) is 5. The molecule has 4 aliphatic rings. The molecule has 2 aliphatic carbocycles. The first-order valence-corrected chi connectivity index (χ1v) is 12.4. The predicted octanol–water partition coefficient (Wildman–Crippen LogP) is 3.80. The maximum absolute atomic E-state index is 13.1. The molecule has 5 atom stereocenters. The van der Waals surface area contributed by atoms with Crippen LogP contribution in [-0.2, 0) is 19.2 Å². The maximum atomic E-state index is 13.1. The van der Waals surface area contributed by atoms with Crippen molar-refractivity contribution in [3.05, 3.63) is 53.6 Å². The van der Waals surface area contributed by atoms with Gasteiger partial charge >= 0.3 is 5.97 Å². The summed E-state index contributed by atoms with van der Waals surface area (Å²) in [7, 11) is 0. The lowest BCUT2D eigenvalue weighted by Gasteiger charge is -2.19. The van der Waals surface area contributed by atoms with E-state index in [2.05, 4.69) is 0 Å². The van der Waals surface area contributed by atoms with Crippen molar-refractivity contribution in [2.45, 2.75) is 39.5 Å². The Balaban J connectivity index is 1.17. The number of anilines is 2. The Morgan fingerprint density at radius 1 is 0.943 bits per heavy atom. The Hall–Kier alpha value is -3.48. The van der Waals surface area contributed by atoms with E-state index in [0.717, 1.165) is 36.1 Å². The molecule has 2 aliphatic heterocycles. The van der Waals surface area contributed by atoms with Gasteiger partial charge in [0, 0.05) is 24.7 Å². The fourth-order valence-corrected chi connectivity index (χ4v) is 6.76. The number of nitrogens with zero attached hydrogens (tertiary/aromatic N) is 2. The third kappa shape index (κ3) is 3.48. The number of benzene rings is 2. The highest BCUT2D eigenvalue weighted by molar-refractivity contribution is 6.22. The van der Waals surface area contributed by atoms with Crippen LogP contribution in [0.2, 0.25) is 0 Å². The minimum Gasteiger partial charge on any atom is -0.426 e. The van der Waals surface area contributed by atoms with E-state index in [4.69, 9.17) is 4.74 Å². The van der Waals surface area contributed by atoms with Gasteiger partial charge in [-0.25, -0.2) is 4.90 Å². The molecule has 180 valence electrons. The van der Waals surface area contributed by atoms with E-state index in [-0.39, 0.29) is 48.3 Å². The van der Waals surface area contributed by atoms with E-state index < -0.39 is 11.9 Å². The summed E-state index contributed by atoms with van der Waals surface area (Å²) in [6.45, 7) is 4.21. The molecule has 2 saturated heterocycles. The van der Waals surface area contributed by atoms with Gasteiger partial charge < -0.3 is 9.64 Å². The van der Waals surface area contributed by atoms with Gasteiger partial charge in [-0.2, -0.15) is 0 Å². The quantitative estimate of drug-likeness (QED) is 0.384. The highest BCUT2D eigenvalue weighted by Crippen LogP contribution is 2.56. The molecule has 7 nitrogen and oxygen atoms in total. The third-order valence-corrected chi connectivity index (χ3v) is 8.32. The number of hydrogen-bond donors (Lipinski definition) is 0. The summed E-state index contributed by atoms with van der Waals surface area (Å²) < 4.78 is 5.63. The number of carbonyl (C=O) groups is 4. The maximum Gasteiger partial charge on any atom is 0.316 e. The van der Waals surface area contributed by atoms with Crippen LogP contribution >= 0.6 is 0 Å². The molecule has 0 spiro atoms. The van der Waals surface area contributed by atoms with E-state index in [1.54, 1.807) is 29.2 Å². The minimum absolute atomic E-state index is 0.0844. The van der Waals surface area contributed by atoms with Crippen molar-refractivity contribution in [3.63, 3.8) is 0 Å². The fraction of sp³-hybridized carbons (Fsp3) is 0.429. The van der Waals surface area contributed by atoms with Crippen LogP contribution in [0.3, 0.4) is 0 Å². The lowest BCUT2D eigenvalue weighted by atomic mass is 9.81. The predicted molar refractivity (Wildman–Crippen MR) is 129 cm³/mol. The van der Waals surface area contributed by atoms with Gasteiger partial charge in [-0.05, 0) is 68.7 Å². The summed E-state index contributed by atoms with van der Waals surface area (Å²) in [5, 5.41) is 0. The van der Waals surface area contributed by atoms with Crippen LogP contribution < -0.4 is 14.5 Å². The normalized spacial score (nSPS) is 29.3. The van der Waals surface area contributed by atoms with Crippen LogP contribution in [0.1, 0.15) is 36.8 Å². The van der Waals surface area contributed by atoms with Crippen LogP contribution in [0.4, 0.5) is 11.4 Å². The summed E-state index contributed by atoms with van der Waals surface area (Å²) in [5.41, 5.74) is 3.35. The number of imide groups is 1. The van der Waals surface area contributed by atoms with Crippen LogP contribution in [0.25, 0.3) is 0 Å². The van der Waals surface area contributed by atoms with Crippen molar-refractivity contribution in [3.8, 4) is 5.75 Å². The second-order valence-corrected chi connectivity index (χ2v) is 10.5. The Bertz CT molecular complexity index is 1240. The van der Waals surface area contributed by atoms with Gasteiger partial charge in [0.15, 0.2) is 0 Å². The summed E-state index contributed by atoms with van der Waals surface area (Å²) in [5.74, 6) is -0.940. The number of amides is 3. The zero-order chi connectivity index (χ0) is 24.4. The smallest absolute Gasteiger partial charge is 0.316 e. The van der Waals surface area contributed by atoms with E-state index in [0.29, 0.717) is 17.5 Å². The molecule has 0 radical (unpaired) electrons. The second kappa shape index (κ2) is 8.04. The van der Waals surface area contributed by atoms with Crippen LogP contribution in [-0.4, -0.2) is 30.2 Å². The first-order chi connectivity index (χ1) is 16.8. The summed E-state index contributed by atoms with van der Waals surface area (Å²) in [6.07, 6.45) is 3.11. The topological polar surface area (TPSA) is 84.0 Å². The van der Waals surface area contributed by atoms with Crippen molar-refractivity contribution in [1.82, 2.24) is 0 Å². The number of esters is 1. The van der Waals surface area contributed by atoms with E-state index >= 15 is 0 Å². The van der Waals surface area contributed by atoms with E-state index in [9.17, 15) is 19.2 Å². The van der Waals surface area contributed by atoms with Crippen molar-refractivity contribution in [2.24, 2.45) is 29.6 Å². The molecular weight excluding hydrogens is 444 g/mol. The molecule has 2 bridgehead atoms. The number of rotatable bonds is 4. The van der Waals surface area contributed by atoms with Gasteiger partial charge in [-0.3, -0.25) is 19.2 Å². The molecule has 3 amide bonds. The van der Waals surface area contributed by atoms with Crippen LogP contribution in [0.15, 0.2) is 42.5 Å². The molecular formula is C28H28N2O5. The zero-order valence-corrected chi connectivity index (χ0v) is 19.9. The Labute approximate surface area is 204 Å². The van der Waals surface area contributed by atoms with Gasteiger partial charge in [0.2, 0.25) is 17.7 Å². The molecule has 7 heteroatoms. The monoisotopic (exact) mass is 472 g/mol. The molecule has 0 N–H and O–H groups in total. The zero-order valence-electron chi connectivity index (χ0n) is 19.9. The highest BCUT2D eigenvalue weighted by atomic mass is 16.5. The van der Waals surface area contributed by atoms with Crippen LogP contribution in [0, 0.1) is 43.4 Å². The first-order valence-electron chi connectivity index (χ1n) is 12.4. The van der Waals surface area contributed by atoms with Crippen LogP contribution in [0.5, 0.6) is 5.75 Å². The minimum atomic E-state index is -0.586. The average Bonchev–Trinajstić information content (AvgIpc) is 3.58. The average molecular weight is 473 g/mol. The third-order valence-electron chi connectivity index (χ3n) is 8.32. The standard InChI is InChI=1S/C28H28N2O5/c1-15-6-9-22(16(2)10-15)29-14-19(12-23(29)31)28(34)35-21-5-3-4-20(13-21)30-26(32)24-17-7-8-18(11-17)25(24)27(30)33/h3-6,9-10,13,17-19,24-25H,7-8,11-12,14H2,1-2H3/t17-,18-,19+,24-,25+/m0/s1. The molecule has 0 unspecified atom stereocenters. The van der Waals surface area contributed by atoms with Crippen molar-refractivity contribution < 1.29 is 23.9 Å². The number of ether oxygens (including phenoxy) is 1. The Morgan fingerprint density at radius 2 is 1.66 bits per heavy atom. The van der Waals surface area contributed by atoms with E-state index in [1.165, 1.54) is 4.90 Å². The number of aryl methyl sites for hydroxylation is 2. The molecule has 2 aromatic rings. The SMILES string of the molecule is Cc1ccc(N2C[C@H](C(=O)Oc3cccc(N4C(=O)[C@@H]5[C@H]6CC[C@@H](C6)[C@@H]5C4=O)c3)CC2=O)c(C)c1. The summed E-state index contributed by atoms with van der Waals surface area (Å²) in [4.78, 5) is 54.8. The van der Waals surface area contributed by atoms with Gasteiger partial charge in [-0.1, -0.05) is 23.8 Å². The first kappa shape index (κ1) is 22.0. The summed E-state index contributed by atoms with van der Waals surface area (Å²) >= 11 is 0. The molecule has 0 aromatic heterocycles. The highest BCUT2D eigenvalue weighted by Gasteiger charge is 2.61. The Morgan fingerprint density at radius 3 is 2.34 bits per heavy atom. The lowest BCUT2D eigenvalue weighted by molar-refractivity contribution is -0.139. The Kier molecular flexibility index (Phi) is 5.06. The lowest BCUT2D eigenvalue weighted by Crippen LogP contribution is -2.32. The van der Waals surface area contributed by atoms with E-state index in [1.807, 2.05) is 32.0 Å². The molecule has 6 rings (SSSR count). The van der Waals surface area contributed by atoms with Crippen molar-refractivity contribution in [2.75, 3.05) is 16.3 Å². The molecule has 35 heavy (non-hydrogen) atoms. The second-order valence-electron chi connectivity index (χ2n) is 10.5. The van der Waals surface area contributed by atoms with Gasteiger partial charge in [-0.15, -0.1) is 0 Å². The van der Waals surface area contributed by atoms with Gasteiger partial charge in [0.05, 0.1) is 23.4 Å². The molecule has 2 aromatic carbocycles.